The predicted octanol–water partition coefficient (Wildman–Crippen LogP) is 0.792. The second kappa shape index (κ2) is 9.40. The van der Waals surface area contributed by atoms with E-state index in [4.69, 9.17) is 19.9 Å². The maximum absolute atomic E-state index is 5.64. The van der Waals surface area contributed by atoms with Crippen molar-refractivity contribution >= 4 is 0 Å². The monoisotopic (exact) mass is 205 g/mol. The van der Waals surface area contributed by atoms with Gasteiger partial charge in [0.2, 0.25) is 0 Å². The van der Waals surface area contributed by atoms with Crippen molar-refractivity contribution in [2.24, 2.45) is 5.73 Å². The van der Waals surface area contributed by atoms with Crippen molar-refractivity contribution in [2.75, 3.05) is 33.5 Å². The van der Waals surface area contributed by atoms with Crippen molar-refractivity contribution in [3.63, 3.8) is 0 Å². The molecule has 0 spiro atoms. The molecule has 0 aliphatic rings. The Kier molecular flexibility index (Phi) is 9.29. The zero-order chi connectivity index (χ0) is 10.8. The summed E-state index contributed by atoms with van der Waals surface area (Å²) in [4.78, 5) is 0. The Labute approximate surface area is 86.7 Å². The smallest absolute Gasteiger partial charge is 0.0704 e. The van der Waals surface area contributed by atoms with Crippen LogP contribution in [0.3, 0.4) is 0 Å². The van der Waals surface area contributed by atoms with Gasteiger partial charge >= 0.3 is 0 Å². The maximum Gasteiger partial charge on any atom is 0.0704 e. The van der Waals surface area contributed by atoms with E-state index in [1.54, 1.807) is 7.11 Å². The lowest BCUT2D eigenvalue weighted by molar-refractivity contribution is -0.00409. The molecule has 0 radical (unpaired) electrons. The first-order valence-corrected chi connectivity index (χ1v) is 5.10. The van der Waals surface area contributed by atoms with E-state index in [0.29, 0.717) is 26.4 Å². The normalized spacial score (nSPS) is 15.4. The van der Waals surface area contributed by atoms with Crippen LogP contribution >= 0.6 is 0 Å². The molecule has 0 aromatic heterocycles. The molecule has 0 amide bonds. The van der Waals surface area contributed by atoms with Gasteiger partial charge in [-0.3, -0.25) is 0 Å². The third kappa shape index (κ3) is 9.92. The lowest BCUT2D eigenvalue weighted by atomic mass is 10.2. The van der Waals surface area contributed by atoms with E-state index in [1.807, 2.05) is 13.8 Å². The standard InChI is InChI=1S/C10H23NO3/c1-9(11)8-10(2)14-7-6-13-5-4-12-3/h9-10H,4-8,11H2,1-3H3. The summed E-state index contributed by atoms with van der Waals surface area (Å²) < 4.78 is 15.6. The minimum atomic E-state index is 0.194. The van der Waals surface area contributed by atoms with Gasteiger partial charge in [-0.2, -0.15) is 0 Å². The topological polar surface area (TPSA) is 53.7 Å². The second-order valence-corrected chi connectivity index (χ2v) is 3.50. The van der Waals surface area contributed by atoms with Crippen LogP contribution in [0.25, 0.3) is 0 Å². The molecule has 2 atom stereocenters. The third-order valence-corrected chi connectivity index (χ3v) is 1.77. The molecule has 0 rings (SSSR count). The molecule has 14 heavy (non-hydrogen) atoms. The SMILES string of the molecule is COCCOCCOC(C)CC(C)N. The van der Waals surface area contributed by atoms with Crippen LogP contribution in [0, 0.1) is 0 Å². The number of hydrogen-bond acceptors (Lipinski definition) is 4. The third-order valence-electron chi connectivity index (χ3n) is 1.77. The summed E-state index contributed by atoms with van der Waals surface area (Å²) in [6.07, 6.45) is 1.10. The number of hydrogen-bond donors (Lipinski definition) is 1. The highest BCUT2D eigenvalue weighted by Crippen LogP contribution is 1.99. The van der Waals surface area contributed by atoms with Gasteiger partial charge in [0, 0.05) is 13.2 Å². The van der Waals surface area contributed by atoms with Crippen molar-refractivity contribution in [3.8, 4) is 0 Å². The zero-order valence-corrected chi connectivity index (χ0v) is 9.49. The first-order valence-electron chi connectivity index (χ1n) is 5.10. The molecule has 0 fully saturated rings. The molecule has 0 aliphatic heterocycles. The van der Waals surface area contributed by atoms with Crippen LogP contribution in [0.15, 0.2) is 0 Å². The molecular weight excluding hydrogens is 182 g/mol. The summed E-state index contributed by atoms with van der Waals surface area (Å²) in [6.45, 7) is 6.51. The van der Waals surface area contributed by atoms with E-state index in [0.717, 1.165) is 6.42 Å². The number of ether oxygens (including phenoxy) is 3. The van der Waals surface area contributed by atoms with Gasteiger partial charge in [0.25, 0.3) is 0 Å². The molecule has 0 heterocycles. The average Bonchev–Trinajstić information content (AvgIpc) is 2.10. The van der Waals surface area contributed by atoms with E-state index in [9.17, 15) is 0 Å². The van der Waals surface area contributed by atoms with Crippen LogP contribution in [0.1, 0.15) is 20.3 Å². The Morgan fingerprint density at radius 1 is 1.07 bits per heavy atom. The van der Waals surface area contributed by atoms with Crippen molar-refractivity contribution in [3.05, 3.63) is 0 Å². The molecule has 0 saturated heterocycles. The molecule has 0 aromatic rings. The fourth-order valence-electron chi connectivity index (χ4n) is 1.14. The minimum absolute atomic E-state index is 0.194. The minimum Gasteiger partial charge on any atom is -0.382 e. The summed E-state index contributed by atoms with van der Waals surface area (Å²) >= 11 is 0. The zero-order valence-electron chi connectivity index (χ0n) is 9.49. The highest BCUT2D eigenvalue weighted by Gasteiger charge is 2.04. The van der Waals surface area contributed by atoms with Gasteiger partial charge in [-0.05, 0) is 20.3 Å². The van der Waals surface area contributed by atoms with Gasteiger partial charge in [0.15, 0.2) is 0 Å². The van der Waals surface area contributed by atoms with Crippen LogP contribution in [0.2, 0.25) is 0 Å². The molecule has 86 valence electrons. The quantitative estimate of drug-likeness (QED) is 0.565. The molecule has 2 N–H and O–H groups in total. The fraction of sp³-hybridized carbons (Fsp3) is 1.00. The summed E-state index contributed by atoms with van der Waals surface area (Å²) in [7, 11) is 1.66. The maximum atomic E-state index is 5.64. The molecule has 2 unspecified atom stereocenters. The van der Waals surface area contributed by atoms with Crippen LogP contribution in [-0.4, -0.2) is 45.7 Å². The van der Waals surface area contributed by atoms with Crippen LogP contribution in [0.5, 0.6) is 0 Å². The molecule has 4 nitrogen and oxygen atoms in total. The van der Waals surface area contributed by atoms with Gasteiger partial charge < -0.3 is 19.9 Å². The lowest BCUT2D eigenvalue weighted by Crippen LogP contribution is -2.24. The van der Waals surface area contributed by atoms with Crippen molar-refractivity contribution in [2.45, 2.75) is 32.4 Å². The Morgan fingerprint density at radius 2 is 1.71 bits per heavy atom. The fourth-order valence-corrected chi connectivity index (χ4v) is 1.14. The molecular formula is C10H23NO3. The lowest BCUT2D eigenvalue weighted by Gasteiger charge is -2.14. The Balaban J connectivity index is 3.10. The summed E-state index contributed by atoms with van der Waals surface area (Å²) in [5, 5.41) is 0. The van der Waals surface area contributed by atoms with E-state index in [1.165, 1.54) is 0 Å². The highest BCUT2D eigenvalue weighted by atomic mass is 16.5. The van der Waals surface area contributed by atoms with Crippen molar-refractivity contribution in [1.29, 1.82) is 0 Å². The Bertz CT molecular complexity index is 120. The van der Waals surface area contributed by atoms with Gasteiger partial charge in [-0.25, -0.2) is 0 Å². The van der Waals surface area contributed by atoms with E-state index in [-0.39, 0.29) is 12.1 Å². The largest absolute Gasteiger partial charge is 0.382 e. The Hall–Kier alpha value is -0.160. The van der Waals surface area contributed by atoms with Crippen molar-refractivity contribution in [1.82, 2.24) is 0 Å². The number of rotatable bonds is 9. The van der Waals surface area contributed by atoms with Crippen LogP contribution in [0.4, 0.5) is 0 Å². The number of methoxy groups -OCH3 is 1. The average molecular weight is 205 g/mol. The first kappa shape index (κ1) is 13.8. The van der Waals surface area contributed by atoms with E-state index < -0.39 is 0 Å². The molecule has 0 bridgehead atoms. The van der Waals surface area contributed by atoms with Gasteiger partial charge in [0.1, 0.15) is 0 Å². The number of nitrogens with two attached hydrogens (primary N) is 1. The van der Waals surface area contributed by atoms with E-state index >= 15 is 0 Å². The van der Waals surface area contributed by atoms with Gasteiger partial charge in [-0.15, -0.1) is 0 Å². The Morgan fingerprint density at radius 3 is 2.29 bits per heavy atom. The second-order valence-electron chi connectivity index (χ2n) is 3.50. The van der Waals surface area contributed by atoms with Gasteiger partial charge in [0.05, 0.1) is 32.5 Å². The van der Waals surface area contributed by atoms with Crippen LogP contribution < -0.4 is 5.73 Å². The first-order chi connectivity index (χ1) is 6.66. The van der Waals surface area contributed by atoms with E-state index in [2.05, 4.69) is 0 Å². The summed E-state index contributed by atoms with van der Waals surface area (Å²) in [6, 6.07) is 0.194. The molecule has 0 saturated carbocycles. The predicted molar refractivity (Wildman–Crippen MR) is 56.4 cm³/mol. The highest BCUT2D eigenvalue weighted by molar-refractivity contribution is 4.59. The summed E-state index contributed by atoms with van der Waals surface area (Å²) in [5.74, 6) is 0. The van der Waals surface area contributed by atoms with Gasteiger partial charge in [-0.1, -0.05) is 0 Å². The summed E-state index contributed by atoms with van der Waals surface area (Å²) in [5.41, 5.74) is 5.64. The molecule has 0 aromatic carbocycles. The molecule has 4 heteroatoms. The van der Waals surface area contributed by atoms with Crippen molar-refractivity contribution < 1.29 is 14.2 Å². The van der Waals surface area contributed by atoms with Crippen LogP contribution in [-0.2, 0) is 14.2 Å². The molecule has 0 aliphatic carbocycles.